The van der Waals surface area contributed by atoms with Crippen LogP contribution in [-0.2, 0) is 5.41 Å². The van der Waals surface area contributed by atoms with E-state index >= 15 is 0 Å². The fourth-order valence-electron chi connectivity index (χ4n) is 2.19. The number of alkyl halides is 2. The van der Waals surface area contributed by atoms with E-state index in [1.807, 2.05) is 6.07 Å². The Morgan fingerprint density at radius 1 is 1.17 bits per heavy atom. The molecule has 102 valence electrons. The molecule has 0 heterocycles. The Balaban J connectivity index is 2.89. The molecule has 0 nitrogen and oxygen atoms in total. The maximum absolute atomic E-state index is 6.24. The quantitative estimate of drug-likeness (QED) is 0.529. The van der Waals surface area contributed by atoms with E-state index in [0.717, 1.165) is 16.8 Å². The number of hydrogen-bond acceptors (Lipinski definition) is 0. The van der Waals surface area contributed by atoms with Crippen LogP contribution in [0.3, 0.4) is 0 Å². The maximum atomic E-state index is 6.24. The van der Waals surface area contributed by atoms with Gasteiger partial charge in [-0.15, -0.1) is 23.2 Å². The van der Waals surface area contributed by atoms with Gasteiger partial charge >= 0.3 is 0 Å². The lowest BCUT2D eigenvalue weighted by Gasteiger charge is -2.31. The van der Waals surface area contributed by atoms with Crippen molar-refractivity contribution in [3.63, 3.8) is 0 Å². The summed E-state index contributed by atoms with van der Waals surface area (Å²) >= 11 is 16.1. The lowest BCUT2D eigenvalue weighted by Crippen LogP contribution is -2.31. The van der Waals surface area contributed by atoms with E-state index in [1.54, 1.807) is 0 Å². The Morgan fingerprint density at radius 2 is 1.78 bits per heavy atom. The van der Waals surface area contributed by atoms with Gasteiger partial charge in [-0.1, -0.05) is 60.8 Å². The van der Waals surface area contributed by atoms with E-state index in [2.05, 4.69) is 48.0 Å². The zero-order chi connectivity index (χ0) is 13.6. The molecule has 0 unspecified atom stereocenters. The summed E-state index contributed by atoms with van der Waals surface area (Å²) in [6.45, 7) is 4.50. The molecule has 0 N–H and O–H groups in total. The summed E-state index contributed by atoms with van der Waals surface area (Å²) in [6, 6.07) is 8.27. The monoisotopic (exact) mass is 350 g/mol. The molecule has 0 amide bonds. The smallest absolute Gasteiger partial charge is 0.0332 e. The fraction of sp³-hybridized carbons (Fsp3) is 0.600. The van der Waals surface area contributed by atoms with Crippen molar-refractivity contribution < 1.29 is 0 Å². The normalized spacial score (nSPS) is 12.1. The molecule has 0 fully saturated rings. The highest BCUT2D eigenvalue weighted by Gasteiger charge is 2.31. The minimum Gasteiger partial charge on any atom is -0.126 e. The molecule has 0 aliphatic carbocycles. The first-order valence-electron chi connectivity index (χ1n) is 6.42. The number of rotatable bonds is 7. The van der Waals surface area contributed by atoms with E-state index in [-0.39, 0.29) is 5.41 Å². The van der Waals surface area contributed by atoms with Crippen molar-refractivity contribution in [2.24, 2.45) is 5.92 Å². The largest absolute Gasteiger partial charge is 0.126 e. The van der Waals surface area contributed by atoms with Gasteiger partial charge in [-0.05, 0) is 24.0 Å². The van der Waals surface area contributed by atoms with E-state index in [4.69, 9.17) is 23.2 Å². The van der Waals surface area contributed by atoms with Gasteiger partial charge in [0, 0.05) is 21.6 Å². The summed E-state index contributed by atoms with van der Waals surface area (Å²) in [6.07, 6.45) is 3.43. The SMILES string of the molecule is CC(C)CCCC(CCl)(CCl)c1ccccc1Br. The molecule has 18 heavy (non-hydrogen) atoms. The first kappa shape index (κ1) is 16.3. The molecule has 0 saturated heterocycles. The third-order valence-corrected chi connectivity index (χ3v) is 5.11. The highest BCUT2D eigenvalue weighted by Crippen LogP contribution is 2.37. The maximum Gasteiger partial charge on any atom is 0.0332 e. The van der Waals surface area contributed by atoms with E-state index in [9.17, 15) is 0 Å². The molecule has 0 aromatic heterocycles. The first-order valence-corrected chi connectivity index (χ1v) is 8.29. The molecule has 0 saturated carbocycles. The van der Waals surface area contributed by atoms with Crippen LogP contribution in [0.5, 0.6) is 0 Å². The molecule has 0 aliphatic rings. The van der Waals surface area contributed by atoms with Crippen LogP contribution in [0.1, 0.15) is 38.7 Å². The van der Waals surface area contributed by atoms with Crippen molar-refractivity contribution >= 4 is 39.1 Å². The van der Waals surface area contributed by atoms with Crippen LogP contribution in [-0.4, -0.2) is 11.8 Å². The summed E-state index contributed by atoms with van der Waals surface area (Å²) in [5.74, 6) is 1.86. The predicted molar refractivity (Wildman–Crippen MR) is 85.9 cm³/mol. The van der Waals surface area contributed by atoms with E-state index in [0.29, 0.717) is 11.8 Å². The highest BCUT2D eigenvalue weighted by atomic mass is 79.9. The van der Waals surface area contributed by atoms with Crippen LogP contribution < -0.4 is 0 Å². The van der Waals surface area contributed by atoms with Gasteiger partial charge in [0.05, 0.1) is 0 Å². The lowest BCUT2D eigenvalue weighted by molar-refractivity contribution is 0.431. The Bertz CT molecular complexity index is 359. The molecule has 0 bridgehead atoms. The third kappa shape index (κ3) is 4.15. The van der Waals surface area contributed by atoms with Crippen LogP contribution in [0, 0.1) is 5.92 Å². The van der Waals surface area contributed by atoms with Crippen LogP contribution in [0.25, 0.3) is 0 Å². The van der Waals surface area contributed by atoms with Gasteiger partial charge in [-0.3, -0.25) is 0 Å². The second-order valence-electron chi connectivity index (χ2n) is 5.31. The third-order valence-electron chi connectivity index (χ3n) is 3.39. The lowest BCUT2D eigenvalue weighted by atomic mass is 9.79. The Labute approximate surface area is 129 Å². The molecule has 1 rings (SSSR count). The van der Waals surface area contributed by atoms with Crippen LogP contribution in [0.4, 0.5) is 0 Å². The van der Waals surface area contributed by atoms with E-state index < -0.39 is 0 Å². The summed E-state index contributed by atoms with van der Waals surface area (Å²) in [5, 5.41) is 0. The van der Waals surface area contributed by atoms with Gasteiger partial charge in [-0.25, -0.2) is 0 Å². The first-order chi connectivity index (χ1) is 8.55. The Morgan fingerprint density at radius 3 is 2.28 bits per heavy atom. The molecule has 1 aromatic carbocycles. The molecule has 0 spiro atoms. The van der Waals surface area contributed by atoms with Gasteiger partial charge in [-0.2, -0.15) is 0 Å². The topological polar surface area (TPSA) is 0 Å². The number of hydrogen-bond donors (Lipinski definition) is 0. The molecular weight excluding hydrogens is 331 g/mol. The molecule has 0 aliphatic heterocycles. The standard InChI is InChI=1S/C15H21BrCl2/c1-12(2)6-5-9-15(10-17,11-18)13-7-3-4-8-14(13)16/h3-4,7-8,12H,5-6,9-11H2,1-2H3. The van der Waals surface area contributed by atoms with Crippen molar-refractivity contribution in [2.75, 3.05) is 11.8 Å². The van der Waals surface area contributed by atoms with Crippen LogP contribution >= 0.6 is 39.1 Å². The summed E-state index contributed by atoms with van der Waals surface area (Å²) in [7, 11) is 0. The second kappa shape index (κ2) is 7.77. The Kier molecular flexibility index (Phi) is 7.05. The van der Waals surface area contributed by atoms with Crippen molar-refractivity contribution in [1.82, 2.24) is 0 Å². The Hall–Kier alpha value is 0.280. The molecule has 0 atom stereocenters. The van der Waals surface area contributed by atoms with Crippen molar-refractivity contribution in [3.8, 4) is 0 Å². The minimum absolute atomic E-state index is 0.113. The molecule has 0 radical (unpaired) electrons. The minimum atomic E-state index is -0.113. The molecular formula is C15H21BrCl2. The van der Waals surface area contributed by atoms with E-state index in [1.165, 1.54) is 18.4 Å². The van der Waals surface area contributed by atoms with Gasteiger partial charge in [0.15, 0.2) is 0 Å². The molecule has 1 aromatic rings. The van der Waals surface area contributed by atoms with Crippen LogP contribution in [0.15, 0.2) is 28.7 Å². The van der Waals surface area contributed by atoms with Crippen molar-refractivity contribution in [3.05, 3.63) is 34.3 Å². The molecule has 3 heteroatoms. The van der Waals surface area contributed by atoms with Crippen LogP contribution in [0.2, 0.25) is 0 Å². The number of halogens is 3. The average molecular weight is 352 g/mol. The van der Waals surface area contributed by atoms with Gasteiger partial charge < -0.3 is 0 Å². The average Bonchev–Trinajstić information content (AvgIpc) is 2.36. The zero-order valence-corrected chi connectivity index (χ0v) is 14.2. The highest BCUT2D eigenvalue weighted by molar-refractivity contribution is 9.10. The second-order valence-corrected chi connectivity index (χ2v) is 6.70. The van der Waals surface area contributed by atoms with Crippen molar-refractivity contribution in [1.29, 1.82) is 0 Å². The van der Waals surface area contributed by atoms with Gasteiger partial charge in [0.1, 0.15) is 0 Å². The van der Waals surface area contributed by atoms with Crippen molar-refractivity contribution in [2.45, 2.75) is 38.5 Å². The fourth-order valence-corrected chi connectivity index (χ4v) is 3.73. The van der Waals surface area contributed by atoms with Gasteiger partial charge in [0.25, 0.3) is 0 Å². The summed E-state index contributed by atoms with van der Waals surface area (Å²) < 4.78 is 1.11. The zero-order valence-electron chi connectivity index (χ0n) is 11.1. The van der Waals surface area contributed by atoms with Gasteiger partial charge in [0.2, 0.25) is 0 Å². The predicted octanol–water partition coefficient (Wildman–Crippen LogP) is 5.99. The summed E-state index contributed by atoms with van der Waals surface area (Å²) in [5.41, 5.74) is 1.12. The number of benzene rings is 1. The summed E-state index contributed by atoms with van der Waals surface area (Å²) in [4.78, 5) is 0.